The number of pyridine rings is 1. The topological polar surface area (TPSA) is 115 Å². The molecule has 4 rings (SSSR count). The second-order valence-corrected chi connectivity index (χ2v) is 8.83. The first-order chi connectivity index (χ1) is 16.0. The van der Waals surface area contributed by atoms with Crippen molar-refractivity contribution in [3.63, 3.8) is 0 Å². The third-order valence-electron chi connectivity index (χ3n) is 6.53. The molecule has 1 aromatic carbocycles. The number of unbranched alkanes of at least 4 members (excludes halogenated alkanes) is 3. The summed E-state index contributed by atoms with van der Waals surface area (Å²) < 4.78 is 16.9. The lowest BCUT2D eigenvalue weighted by atomic mass is 10.1. The molecule has 1 aliphatic heterocycles. The Balaban J connectivity index is 1.43. The zero-order valence-corrected chi connectivity index (χ0v) is 18.6. The van der Waals surface area contributed by atoms with Gasteiger partial charge in [0, 0.05) is 55.3 Å². The number of aromatic carboxylic acids is 1. The van der Waals surface area contributed by atoms with Gasteiger partial charge < -0.3 is 14.6 Å². The fourth-order valence-corrected chi connectivity index (χ4v) is 4.54. The smallest absolute Gasteiger partial charge is 0.341 e. The van der Waals surface area contributed by atoms with Crippen LogP contribution in [-0.4, -0.2) is 59.8 Å². The molecule has 0 unspecified atom stereocenters. The van der Waals surface area contributed by atoms with Gasteiger partial charge in [0.25, 0.3) is 0 Å². The highest BCUT2D eigenvalue weighted by Crippen LogP contribution is 2.38. The molecule has 2 aromatic rings. The molecule has 0 bridgehead atoms. The quantitative estimate of drug-likeness (QED) is 0.249. The van der Waals surface area contributed by atoms with E-state index in [0.717, 1.165) is 58.2 Å². The fraction of sp³-hybridized carbons (Fsp3) is 0.565. The van der Waals surface area contributed by atoms with Gasteiger partial charge in [0.1, 0.15) is 11.4 Å². The molecule has 176 valence electrons. The van der Waals surface area contributed by atoms with E-state index in [4.69, 9.17) is 5.53 Å². The minimum absolute atomic E-state index is 0.127. The molecule has 10 heteroatoms. The summed E-state index contributed by atoms with van der Waals surface area (Å²) in [6, 6.07) is 3.09. The first-order valence-corrected chi connectivity index (χ1v) is 11.6. The van der Waals surface area contributed by atoms with Crippen LogP contribution in [-0.2, 0) is 0 Å². The first kappa shape index (κ1) is 23.1. The summed E-state index contributed by atoms with van der Waals surface area (Å²) in [5, 5.41) is 13.1. The van der Waals surface area contributed by atoms with Gasteiger partial charge in [-0.2, -0.15) is 0 Å². The Hall–Kier alpha value is -3.10. The van der Waals surface area contributed by atoms with Crippen LogP contribution in [0.15, 0.2) is 28.2 Å². The van der Waals surface area contributed by atoms with Crippen molar-refractivity contribution in [3.05, 3.63) is 50.4 Å². The number of hydrogen-bond acceptors (Lipinski definition) is 5. The third-order valence-corrected chi connectivity index (χ3v) is 6.53. The lowest BCUT2D eigenvalue weighted by Gasteiger charge is -2.36. The second-order valence-electron chi connectivity index (χ2n) is 8.83. The minimum atomic E-state index is -1.28. The van der Waals surface area contributed by atoms with Crippen molar-refractivity contribution in [1.29, 1.82) is 0 Å². The zero-order valence-electron chi connectivity index (χ0n) is 18.6. The van der Waals surface area contributed by atoms with Gasteiger partial charge in [0.05, 0.1) is 11.2 Å². The van der Waals surface area contributed by atoms with Crippen molar-refractivity contribution < 1.29 is 14.3 Å². The van der Waals surface area contributed by atoms with Crippen molar-refractivity contribution in [2.75, 3.05) is 44.2 Å². The summed E-state index contributed by atoms with van der Waals surface area (Å²) >= 11 is 0. The molecule has 0 atom stereocenters. The third kappa shape index (κ3) is 5.29. The van der Waals surface area contributed by atoms with E-state index >= 15 is 4.39 Å². The maximum absolute atomic E-state index is 15.1. The van der Waals surface area contributed by atoms with Crippen molar-refractivity contribution >= 4 is 22.6 Å². The average Bonchev–Trinajstić information content (AvgIpc) is 3.64. The SMILES string of the molecule is [N-]=[N+]=NCCCCCCN1CCN(c2cc3c(cc2F)c(=O)c(C(=O)O)cn3C2CC2)CC1. The number of anilines is 1. The maximum Gasteiger partial charge on any atom is 0.341 e. The highest BCUT2D eigenvalue weighted by molar-refractivity contribution is 5.93. The molecule has 33 heavy (non-hydrogen) atoms. The van der Waals surface area contributed by atoms with Crippen molar-refractivity contribution in [3.8, 4) is 0 Å². The highest BCUT2D eigenvalue weighted by Gasteiger charge is 2.28. The van der Waals surface area contributed by atoms with Crippen LogP contribution < -0.4 is 10.3 Å². The van der Waals surface area contributed by atoms with Crippen LogP contribution >= 0.6 is 0 Å². The monoisotopic (exact) mass is 456 g/mol. The lowest BCUT2D eigenvalue weighted by Crippen LogP contribution is -2.47. The minimum Gasteiger partial charge on any atom is -0.477 e. The number of carboxylic acids is 1. The van der Waals surface area contributed by atoms with Gasteiger partial charge in [-0.3, -0.25) is 9.69 Å². The number of carboxylic acid groups (broad SMARTS) is 1. The van der Waals surface area contributed by atoms with Gasteiger partial charge in [-0.15, -0.1) is 0 Å². The van der Waals surface area contributed by atoms with E-state index in [1.165, 1.54) is 12.3 Å². The Morgan fingerprint density at radius 3 is 2.55 bits per heavy atom. The Morgan fingerprint density at radius 2 is 1.88 bits per heavy atom. The number of halogens is 1. The van der Waals surface area contributed by atoms with Crippen molar-refractivity contribution in [2.45, 2.75) is 44.6 Å². The van der Waals surface area contributed by atoms with Gasteiger partial charge in [-0.25, -0.2) is 9.18 Å². The number of hydrogen-bond donors (Lipinski definition) is 1. The predicted molar refractivity (Wildman–Crippen MR) is 125 cm³/mol. The van der Waals surface area contributed by atoms with Crippen molar-refractivity contribution in [1.82, 2.24) is 9.47 Å². The van der Waals surface area contributed by atoms with E-state index in [1.807, 2.05) is 9.47 Å². The van der Waals surface area contributed by atoms with Crippen LogP contribution in [0.4, 0.5) is 10.1 Å². The van der Waals surface area contributed by atoms with E-state index in [2.05, 4.69) is 14.9 Å². The predicted octanol–water partition coefficient (Wildman–Crippen LogP) is 4.17. The molecule has 1 N–H and O–H groups in total. The molecule has 1 aliphatic carbocycles. The summed E-state index contributed by atoms with van der Waals surface area (Å²) in [6.07, 6.45) is 7.41. The number of carbonyl (C=O) groups is 1. The van der Waals surface area contributed by atoms with Gasteiger partial charge in [-0.1, -0.05) is 18.0 Å². The second kappa shape index (κ2) is 10.2. The molecule has 0 spiro atoms. The van der Waals surface area contributed by atoms with Crippen LogP contribution in [0.25, 0.3) is 21.3 Å². The number of nitrogens with zero attached hydrogens (tertiary/aromatic N) is 6. The van der Waals surface area contributed by atoms with Crippen LogP contribution in [0.5, 0.6) is 0 Å². The Kier molecular flexibility index (Phi) is 7.15. The molecular weight excluding hydrogens is 427 g/mol. The van der Waals surface area contributed by atoms with Gasteiger partial charge >= 0.3 is 5.97 Å². The van der Waals surface area contributed by atoms with Crippen LogP contribution in [0.1, 0.15) is 54.9 Å². The summed E-state index contributed by atoms with van der Waals surface area (Å²) in [4.78, 5) is 31.3. The molecule has 2 fully saturated rings. The lowest BCUT2D eigenvalue weighted by molar-refractivity contribution is 0.0695. The van der Waals surface area contributed by atoms with Gasteiger partial charge in [0.2, 0.25) is 5.43 Å². The largest absolute Gasteiger partial charge is 0.477 e. The normalized spacial score (nSPS) is 16.7. The summed E-state index contributed by atoms with van der Waals surface area (Å²) in [5.41, 5.74) is 8.41. The van der Waals surface area contributed by atoms with Crippen molar-refractivity contribution in [2.24, 2.45) is 5.11 Å². The van der Waals surface area contributed by atoms with E-state index < -0.39 is 17.2 Å². The van der Waals surface area contributed by atoms with E-state index in [1.54, 1.807) is 6.07 Å². The van der Waals surface area contributed by atoms with E-state index in [0.29, 0.717) is 30.8 Å². The molecule has 0 radical (unpaired) electrons. The summed E-state index contributed by atoms with van der Waals surface area (Å²) in [6.45, 7) is 4.61. The number of piperazine rings is 1. The fourth-order valence-electron chi connectivity index (χ4n) is 4.54. The molecule has 1 aromatic heterocycles. The molecular formula is C23H29FN6O3. The van der Waals surface area contributed by atoms with E-state index in [9.17, 15) is 14.7 Å². The van der Waals surface area contributed by atoms with Crippen LogP contribution in [0.2, 0.25) is 0 Å². The molecule has 0 amide bonds. The Morgan fingerprint density at radius 1 is 1.15 bits per heavy atom. The average molecular weight is 457 g/mol. The summed E-state index contributed by atoms with van der Waals surface area (Å²) in [7, 11) is 0. The summed E-state index contributed by atoms with van der Waals surface area (Å²) in [5.74, 6) is -1.77. The molecule has 9 nitrogen and oxygen atoms in total. The molecule has 2 aliphatic rings. The zero-order chi connectivity index (χ0) is 23.4. The van der Waals surface area contributed by atoms with Gasteiger partial charge in [-0.05, 0) is 49.9 Å². The molecule has 1 saturated carbocycles. The number of aromatic nitrogens is 1. The Bertz CT molecular complexity index is 1130. The number of fused-ring (bicyclic) bond motifs is 1. The van der Waals surface area contributed by atoms with Crippen LogP contribution in [0, 0.1) is 5.82 Å². The maximum atomic E-state index is 15.1. The highest BCUT2D eigenvalue weighted by atomic mass is 19.1. The number of rotatable bonds is 10. The molecule has 1 saturated heterocycles. The van der Waals surface area contributed by atoms with Crippen LogP contribution in [0.3, 0.4) is 0 Å². The molecule has 2 heterocycles. The number of azide groups is 1. The number of benzene rings is 1. The van der Waals surface area contributed by atoms with E-state index in [-0.39, 0.29) is 17.0 Å². The first-order valence-electron chi connectivity index (χ1n) is 11.6. The standard InChI is InChI=1S/C23H29FN6O3/c24-19-13-17-20(30(16-5-6-16)15-18(22(17)31)23(32)33)14-21(19)29-11-9-28(10-12-29)8-4-2-1-3-7-26-27-25/h13-16H,1-12H2,(H,32,33). The Labute approximate surface area is 191 Å². The van der Waals surface area contributed by atoms with Gasteiger partial charge in [0.15, 0.2) is 0 Å².